The third-order valence-corrected chi connectivity index (χ3v) is 5.77. The van der Waals surface area contributed by atoms with Gasteiger partial charge in [0, 0.05) is 44.3 Å². The van der Waals surface area contributed by atoms with Gasteiger partial charge in [0.25, 0.3) is 0 Å². The van der Waals surface area contributed by atoms with Crippen molar-refractivity contribution in [2.75, 3.05) is 52.6 Å². The minimum atomic E-state index is -1.11. The van der Waals surface area contributed by atoms with Gasteiger partial charge in [-0.25, -0.2) is 4.79 Å². The Morgan fingerprint density at radius 1 is 0.846 bits per heavy atom. The van der Waals surface area contributed by atoms with Crippen molar-refractivity contribution in [3.63, 3.8) is 0 Å². The Bertz CT molecular complexity index is 467. The normalized spacial score (nSPS) is 37.2. The van der Waals surface area contributed by atoms with Crippen molar-refractivity contribution >= 4 is 5.97 Å². The highest BCUT2D eigenvalue weighted by Crippen LogP contribution is 2.41. The molecule has 5 N–H and O–H groups in total. The van der Waals surface area contributed by atoms with Crippen LogP contribution >= 0.6 is 0 Å². The lowest BCUT2D eigenvalue weighted by molar-refractivity contribution is -0.156. The summed E-state index contributed by atoms with van der Waals surface area (Å²) in [7, 11) is 0. The minimum Gasteiger partial charge on any atom is -0.479 e. The number of aliphatic hydroxyl groups is 4. The Morgan fingerprint density at radius 3 is 1.35 bits per heavy atom. The molecule has 3 heterocycles. The zero-order valence-corrected chi connectivity index (χ0v) is 15.9. The number of rotatable bonds is 9. The van der Waals surface area contributed by atoms with E-state index >= 15 is 0 Å². The maximum Gasteiger partial charge on any atom is 0.340 e. The van der Waals surface area contributed by atoms with Gasteiger partial charge in [-0.2, -0.15) is 0 Å². The van der Waals surface area contributed by atoms with Crippen LogP contribution in [-0.2, 0) is 4.79 Å². The first-order valence-corrected chi connectivity index (χ1v) is 9.15. The summed E-state index contributed by atoms with van der Waals surface area (Å²) in [5.74, 6) is -0.676. The summed E-state index contributed by atoms with van der Waals surface area (Å²) in [6, 6.07) is 1.38. The zero-order valence-electron chi connectivity index (χ0n) is 15.9. The summed E-state index contributed by atoms with van der Waals surface area (Å²) < 4.78 is 0. The Kier molecular flexibility index (Phi) is 6.66. The fourth-order valence-electron chi connectivity index (χ4n) is 3.26. The molecule has 0 aromatic rings. The molecule has 9 heteroatoms. The van der Waals surface area contributed by atoms with E-state index in [1.807, 2.05) is 0 Å². The van der Waals surface area contributed by atoms with Crippen molar-refractivity contribution in [1.29, 1.82) is 0 Å². The zero-order chi connectivity index (χ0) is 19.7. The Morgan fingerprint density at radius 2 is 1.19 bits per heavy atom. The third kappa shape index (κ3) is 4.19. The maximum atomic E-state index is 11.8. The van der Waals surface area contributed by atoms with Gasteiger partial charge in [0.1, 0.15) is 0 Å². The van der Waals surface area contributed by atoms with E-state index in [1.165, 1.54) is 0 Å². The molecule has 3 aliphatic rings. The van der Waals surface area contributed by atoms with Crippen LogP contribution in [0.5, 0.6) is 0 Å². The highest BCUT2D eigenvalue weighted by molar-refractivity contribution is 5.80. The first-order valence-electron chi connectivity index (χ1n) is 9.15. The molecule has 0 bridgehead atoms. The SMILES string of the molecule is CC1CN1CC(C(=O)O)(N1CC1C)N1CC1C.OCC(CO)(CO)CO. The molecular formula is C17H33N3O6. The van der Waals surface area contributed by atoms with Gasteiger partial charge in [-0.3, -0.25) is 14.7 Å². The molecule has 6 atom stereocenters. The van der Waals surface area contributed by atoms with Crippen molar-refractivity contribution in [3.8, 4) is 0 Å². The van der Waals surface area contributed by atoms with Gasteiger partial charge < -0.3 is 25.5 Å². The van der Waals surface area contributed by atoms with Gasteiger partial charge in [0.2, 0.25) is 0 Å². The van der Waals surface area contributed by atoms with E-state index < -0.39 is 43.5 Å². The summed E-state index contributed by atoms with van der Waals surface area (Å²) in [5, 5.41) is 43.7. The van der Waals surface area contributed by atoms with Crippen LogP contribution in [0.15, 0.2) is 0 Å². The van der Waals surface area contributed by atoms with Crippen LogP contribution in [0.1, 0.15) is 20.8 Å². The Labute approximate surface area is 154 Å². The Balaban J connectivity index is 0.000000232. The van der Waals surface area contributed by atoms with Gasteiger partial charge in [-0.05, 0) is 20.8 Å². The second-order valence-corrected chi connectivity index (χ2v) is 8.04. The number of carbonyl (C=O) groups is 1. The number of hydrogen-bond donors (Lipinski definition) is 5. The smallest absolute Gasteiger partial charge is 0.340 e. The molecule has 0 saturated carbocycles. The van der Waals surface area contributed by atoms with Gasteiger partial charge in [0.15, 0.2) is 5.66 Å². The second-order valence-electron chi connectivity index (χ2n) is 8.04. The molecule has 0 spiro atoms. The molecule has 9 nitrogen and oxygen atoms in total. The topological polar surface area (TPSA) is 127 Å². The molecule has 3 rings (SSSR count). The summed E-state index contributed by atoms with van der Waals surface area (Å²) in [5.41, 5.74) is -1.87. The van der Waals surface area contributed by atoms with Crippen LogP contribution in [0.4, 0.5) is 0 Å². The monoisotopic (exact) mass is 375 g/mol. The minimum absolute atomic E-state index is 0.406. The number of aliphatic hydroxyl groups excluding tert-OH is 4. The standard InChI is InChI=1S/C12H21N3O2.C5H12O4/c1-8-4-13(8)7-12(11(16)17,14-5-9(14)2)15-6-10(15)3;6-1-5(2-7,3-8)4-9/h8-10H,4-7H2,1-3H3,(H,16,17);6-9H,1-4H2. The van der Waals surface area contributed by atoms with Crippen molar-refractivity contribution < 1.29 is 30.3 Å². The average molecular weight is 375 g/mol. The van der Waals surface area contributed by atoms with E-state index in [0.29, 0.717) is 24.7 Å². The predicted octanol–water partition coefficient (Wildman–Crippen LogP) is -2.18. The van der Waals surface area contributed by atoms with Crippen molar-refractivity contribution in [2.45, 2.75) is 44.6 Å². The van der Waals surface area contributed by atoms with E-state index in [2.05, 4.69) is 35.5 Å². The summed E-state index contributed by atoms with van der Waals surface area (Å²) in [6.07, 6.45) is 0. The van der Waals surface area contributed by atoms with E-state index in [4.69, 9.17) is 20.4 Å². The molecule has 6 unspecified atom stereocenters. The number of carboxylic acid groups (broad SMARTS) is 1. The predicted molar refractivity (Wildman–Crippen MR) is 94.5 cm³/mol. The molecule has 3 fully saturated rings. The van der Waals surface area contributed by atoms with E-state index in [9.17, 15) is 9.90 Å². The average Bonchev–Trinajstić information content (AvgIpc) is 3.54. The molecular weight excluding hydrogens is 342 g/mol. The van der Waals surface area contributed by atoms with Crippen LogP contribution in [0.3, 0.4) is 0 Å². The number of hydrogen-bond acceptors (Lipinski definition) is 8. The van der Waals surface area contributed by atoms with Gasteiger partial charge >= 0.3 is 5.97 Å². The van der Waals surface area contributed by atoms with Crippen LogP contribution in [0.2, 0.25) is 0 Å². The molecule has 26 heavy (non-hydrogen) atoms. The van der Waals surface area contributed by atoms with E-state index in [1.54, 1.807) is 0 Å². The lowest BCUT2D eigenvalue weighted by Crippen LogP contribution is -2.59. The molecule has 0 radical (unpaired) electrons. The second kappa shape index (κ2) is 8.05. The summed E-state index contributed by atoms with van der Waals surface area (Å²) in [4.78, 5) is 18.3. The first-order chi connectivity index (χ1) is 12.2. The Hall–Kier alpha value is -0.810. The molecule has 0 amide bonds. The number of nitrogens with zero attached hydrogens (tertiary/aromatic N) is 3. The molecule has 3 saturated heterocycles. The van der Waals surface area contributed by atoms with Gasteiger partial charge in [-0.15, -0.1) is 0 Å². The fraction of sp³-hybridized carbons (Fsp3) is 0.941. The maximum absolute atomic E-state index is 11.8. The summed E-state index contributed by atoms with van der Waals surface area (Å²) in [6.45, 7) is 8.27. The highest BCUT2D eigenvalue weighted by atomic mass is 16.4. The fourth-order valence-corrected chi connectivity index (χ4v) is 3.26. The van der Waals surface area contributed by atoms with Crippen molar-refractivity contribution in [2.24, 2.45) is 5.41 Å². The van der Waals surface area contributed by atoms with Crippen LogP contribution in [0.25, 0.3) is 0 Å². The lowest BCUT2D eigenvalue weighted by atomic mass is 9.93. The quantitative estimate of drug-likeness (QED) is 0.286. The van der Waals surface area contributed by atoms with Crippen molar-refractivity contribution in [3.05, 3.63) is 0 Å². The molecule has 152 valence electrons. The van der Waals surface area contributed by atoms with E-state index in [0.717, 1.165) is 19.6 Å². The number of carboxylic acids is 1. The van der Waals surface area contributed by atoms with E-state index in [-0.39, 0.29) is 0 Å². The van der Waals surface area contributed by atoms with Crippen LogP contribution < -0.4 is 0 Å². The van der Waals surface area contributed by atoms with Crippen LogP contribution in [-0.4, -0.2) is 123 Å². The molecule has 0 aromatic carbocycles. The molecule has 0 aliphatic carbocycles. The summed E-state index contributed by atoms with van der Waals surface area (Å²) >= 11 is 0. The van der Waals surface area contributed by atoms with Gasteiger partial charge in [-0.1, -0.05) is 0 Å². The highest BCUT2D eigenvalue weighted by Gasteiger charge is 2.63. The first kappa shape index (κ1) is 21.5. The van der Waals surface area contributed by atoms with Crippen molar-refractivity contribution in [1.82, 2.24) is 14.7 Å². The molecule has 3 aliphatic heterocycles. The molecule has 0 aromatic heterocycles. The number of aliphatic carboxylic acids is 1. The van der Waals surface area contributed by atoms with Gasteiger partial charge in [0.05, 0.1) is 31.8 Å². The lowest BCUT2D eigenvalue weighted by Gasteiger charge is -2.34. The third-order valence-electron chi connectivity index (χ3n) is 5.77. The largest absolute Gasteiger partial charge is 0.479 e. The van der Waals surface area contributed by atoms with Crippen LogP contribution in [0, 0.1) is 5.41 Å².